The zero-order chi connectivity index (χ0) is 8.53. The molecule has 7 heteroatoms. The normalized spacial score (nSPS) is 11.7. The van der Waals surface area contributed by atoms with Gasteiger partial charge in [0.1, 0.15) is 0 Å². The molecule has 0 aromatic rings. The van der Waals surface area contributed by atoms with E-state index in [1.807, 2.05) is 13.8 Å². The first-order valence-electron chi connectivity index (χ1n) is 3.19. The molecule has 0 aromatic carbocycles. The molecule has 0 saturated carbocycles. The molecule has 0 bridgehead atoms. The van der Waals surface area contributed by atoms with Gasteiger partial charge in [-0.2, -0.15) is 0 Å². The first-order valence-corrected chi connectivity index (χ1v) is 7.25. The van der Waals surface area contributed by atoms with Crippen molar-refractivity contribution in [1.29, 1.82) is 0 Å². The summed E-state index contributed by atoms with van der Waals surface area (Å²) in [5.41, 5.74) is 0. The van der Waals surface area contributed by atoms with Gasteiger partial charge in [-0.15, -0.1) is 0 Å². The van der Waals surface area contributed by atoms with Gasteiger partial charge >= 0.3 is 75.0 Å². The number of hydrogen-bond acceptors (Lipinski definition) is 5. The molecular weight excluding hydrogens is 211 g/mol. The Morgan fingerprint density at radius 2 is 1.64 bits per heavy atom. The Labute approximate surface area is 75.5 Å². The van der Waals surface area contributed by atoms with Crippen LogP contribution in [-0.2, 0) is 19.1 Å². The van der Waals surface area contributed by atoms with E-state index in [0.717, 1.165) is 10.6 Å². The topological polar surface area (TPSA) is 36.9 Å². The van der Waals surface area contributed by atoms with Gasteiger partial charge in [0.2, 0.25) is 0 Å². The van der Waals surface area contributed by atoms with E-state index in [1.54, 1.807) is 0 Å². The van der Waals surface area contributed by atoms with E-state index in [2.05, 4.69) is 9.78 Å². The fourth-order valence-corrected chi connectivity index (χ4v) is 1.92. The van der Waals surface area contributed by atoms with Crippen molar-refractivity contribution in [3.05, 3.63) is 0 Å². The van der Waals surface area contributed by atoms with Crippen LogP contribution in [0.3, 0.4) is 0 Å². The van der Waals surface area contributed by atoms with Gasteiger partial charge in [-0.3, -0.25) is 0 Å². The van der Waals surface area contributed by atoms with Crippen LogP contribution in [-0.4, -0.2) is 13.2 Å². The van der Waals surface area contributed by atoms with E-state index in [0.29, 0.717) is 13.2 Å². The summed E-state index contributed by atoms with van der Waals surface area (Å²) in [6, 6.07) is 0. The second-order valence-electron chi connectivity index (χ2n) is 1.38. The second kappa shape index (κ2) is 9.00. The van der Waals surface area contributed by atoms with Gasteiger partial charge in [0.15, 0.2) is 0 Å². The molecular formula is C4H12ClO4PS. The van der Waals surface area contributed by atoms with E-state index in [9.17, 15) is 0 Å². The fourth-order valence-electron chi connectivity index (χ4n) is 0.293. The minimum atomic E-state index is -2.01. The number of hydrogen-bond donors (Lipinski definition) is 0. The average molecular weight is 223 g/mol. The minimum absolute atomic E-state index is 0.469. The molecule has 0 aliphatic heterocycles. The van der Waals surface area contributed by atoms with Crippen LogP contribution in [0.1, 0.15) is 13.8 Å². The molecule has 0 aliphatic rings. The van der Waals surface area contributed by atoms with Crippen LogP contribution in [0.15, 0.2) is 0 Å². The van der Waals surface area contributed by atoms with E-state index in [-0.39, 0.29) is 0 Å². The predicted octanol–water partition coefficient (Wildman–Crippen LogP) is 2.50. The summed E-state index contributed by atoms with van der Waals surface area (Å²) in [5, 5.41) is 0. The maximum atomic E-state index is 5.41. The monoisotopic (exact) mass is 222 g/mol. The van der Waals surface area contributed by atoms with Gasteiger partial charge in [0.25, 0.3) is 0 Å². The Kier molecular flexibility index (Phi) is 9.75. The third kappa shape index (κ3) is 7.28. The van der Waals surface area contributed by atoms with Crippen molar-refractivity contribution in [3.8, 4) is 0 Å². The molecule has 0 heterocycles. The Morgan fingerprint density at radius 3 is 1.91 bits per heavy atom. The molecule has 0 spiro atoms. The van der Waals surface area contributed by atoms with Crippen molar-refractivity contribution < 1.29 is 19.1 Å². The van der Waals surface area contributed by atoms with Crippen molar-refractivity contribution in [2.45, 2.75) is 13.8 Å². The van der Waals surface area contributed by atoms with Gasteiger partial charge in [-0.1, -0.05) is 0 Å². The molecule has 0 aromatic heterocycles. The van der Waals surface area contributed by atoms with Crippen molar-refractivity contribution >= 4 is 28.9 Å². The van der Waals surface area contributed by atoms with Crippen LogP contribution < -0.4 is 0 Å². The van der Waals surface area contributed by atoms with E-state index >= 15 is 0 Å². The second-order valence-corrected chi connectivity index (χ2v) is 5.82. The fraction of sp³-hybridized carbons (Fsp3) is 1.00. The summed E-state index contributed by atoms with van der Waals surface area (Å²) in [6.07, 6.45) is 0. The van der Waals surface area contributed by atoms with Crippen molar-refractivity contribution in [3.63, 3.8) is 0 Å². The van der Waals surface area contributed by atoms with Gasteiger partial charge in [-0.05, 0) is 0 Å². The van der Waals surface area contributed by atoms with Gasteiger partial charge < -0.3 is 0 Å². The third-order valence-corrected chi connectivity index (χ3v) is 3.55. The standard InChI is InChI=1S/C4H12ClO4PS/c1-3-6-8-10(11-5)9-7-4-2/h3-4,10H2,1-2H3. The number of rotatable bonds is 7. The molecule has 0 rings (SSSR count). The molecule has 0 saturated heterocycles. The molecule has 0 amide bonds. The summed E-state index contributed by atoms with van der Waals surface area (Å²) in [4.78, 5) is 9.27. The molecule has 0 aliphatic carbocycles. The molecule has 0 unspecified atom stereocenters. The Hall–Kier alpha value is 0.910. The van der Waals surface area contributed by atoms with Gasteiger partial charge in [0.05, 0.1) is 0 Å². The first-order chi connectivity index (χ1) is 5.35. The first kappa shape index (κ1) is 11.9. The van der Waals surface area contributed by atoms with Crippen LogP contribution in [0, 0.1) is 0 Å². The summed E-state index contributed by atoms with van der Waals surface area (Å²) >= 11 is 0. The van der Waals surface area contributed by atoms with E-state index < -0.39 is 7.58 Å². The SMILES string of the molecule is CCOO[PH2](OOCC)SCl. The van der Waals surface area contributed by atoms with Crippen LogP contribution in [0.25, 0.3) is 0 Å². The molecule has 0 fully saturated rings. The zero-order valence-electron chi connectivity index (χ0n) is 6.41. The Bertz CT molecular complexity index is 80.5. The molecule has 70 valence electrons. The van der Waals surface area contributed by atoms with Crippen molar-refractivity contribution in [2.24, 2.45) is 0 Å². The van der Waals surface area contributed by atoms with E-state index in [1.165, 1.54) is 0 Å². The molecule has 0 atom stereocenters. The van der Waals surface area contributed by atoms with Crippen LogP contribution in [0.5, 0.6) is 0 Å². The third-order valence-electron chi connectivity index (χ3n) is 0.602. The summed E-state index contributed by atoms with van der Waals surface area (Å²) in [7, 11) is 4.36. The van der Waals surface area contributed by atoms with Crippen molar-refractivity contribution in [1.82, 2.24) is 0 Å². The molecule has 0 N–H and O–H groups in total. The summed E-state index contributed by atoms with van der Waals surface area (Å²) in [6.45, 7) is 4.56. The van der Waals surface area contributed by atoms with Crippen molar-refractivity contribution in [2.75, 3.05) is 13.2 Å². The van der Waals surface area contributed by atoms with Crippen LogP contribution >= 0.6 is 28.9 Å². The molecule has 4 nitrogen and oxygen atoms in total. The van der Waals surface area contributed by atoms with Crippen LogP contribution in [0.4, 0.5) is 0 Å². The predicted molar refractivity (Wildman–Crippen MR) is 48.6 cm³/mol. The van der Waals surface area contributed by atoms with Gasteiger partial charge in [0, 0.05) is 0 Å². The number of halogens is 1. The quantitative estimate of drug-likeness (QED) is 0.376. The van der Waals surface area contributed by atoms with Gasteiger partial charge in [-0.25, -0.2) is 0 Å². The molecule has 11 heavy (non-hydrogen) atoms. The van der Waals surface area contributed by atoms with Crippen LogP contribution in [0.2, 0.25) is 0 Å². The Morgan fingerprint density at radius 1 is 1.18 bits per heavy atom. The summed E-state index contributed by atoms with van der Waals surface area (Å²) in [5.74, 6) is 0. The Balaban J connectivity index is 3.25. The molecule has 0 radical (unpaired) electrons. The maximum absolute atomic E-state index is 5.41. The summed E-state index contributed by atoms with van der Waals surface area (Å²) < 4.78 is 9.53. The average Bonchev–Trinajstić information content (AvgIpc) is 2.05. The zero-order valence-corrected chi connectivity index (χ0v) is 9.14. The van der Waals surface area contributed by atoms with E-state index in [4.69, 9.17) is 20.0 Å².